The lowest BCUT2D eigenvalue weighted by Crippen LogP contribution is -2.44. The van der Waals surface area contributed by atoms with Crippen LogP contribution in [-0.2, 0) is 0 Å². The van der Waals surface area contributed by atoms with Crippen LogP contribution in [0.5, 0.6) is 0 Å². The molecule has 25 heavy (non-hydrogen) atoms. The van der Waals surface area contributed by atoms with E-state index in [9.17, 15) is 19.7 Å². The van der Waals surface area contributed by atoms with Gasteiger partial charge in [-0.05, 0) is 18.5 Å². The maximum Gasteiger partial charge on any atom is 0.270 e. The summed E-state index contributed by atoms with van der Waals surface area (Å²) in [6, 6.07) is 7.60. The average molecular weight is 342 g/mol. The van der Waals surface area contributed by atoms with Gasteiger partial charge in [-0.3, -0.25) is 24.6 Å². The van der Waals surface area contributed by atoms with Crippen LogP contribution in [-0.4, -0.2) is 59.8 Å². The molecule has 0 radical (unpaired) electrons. The summed E-state index contributed by atoms with van der Waals surface area (Å²) in [6.07, 6.45) is 0. The summed E-state index contributed by atoms with van der Waals surface area (Å²) in [7, 11) is 1.85. The highest BCUT2D eigenvalue weighted by Gasteiger charge is 2.34. The summed E-state index contributed by atoms with van der Waals surface area (Å²) in [5, 5.41) is 12.1. The first-order chi connectivity index (χ1) is 11.9. The molecule has 1 heterocycles. The number of carbonyl (C=O) groups excluding carboxylic acids is 2. The fourth-order valence-corrected chi connectivity index (χ4v) is 3.05. The van der Waals surface area contributed by atoms with E-state index in [1.807, 2.05) is 11.9 Å². The fourth-order valence-electron chi connectivity index (χ4n) is 3.05. The van der Waals surface area contributed by atoms with E-state index in [4.69, 9.17) is 5.73 Å². The third-order valence-corrected chi connectivity index (χ3v) is 4.34. The number of hydrogen-bond acceptors (Lipinski definition) is 6. The van der Waals surface area contributed by atoms with Crippen molar-refractivity contribution in [1.82, 2.24) is 9.80 Å². The quantitative estimate of drug-likeness (QED) is 0.480. The number of nitrogens with two attached hydrogens (primary N) is 1. The van der Waals surface area contributed by atoms with Crippen molar-refractivity contribution in [2.75, 3.05) is 33.2 Å². The molecule has 0 bridgehead atoms. The lowest BCUT2D eigenvalue weighted by atomic mass is 9.93. The molecule has 1 aliphatic heterocycles. The van der Waals surface area contributed by atoms with Gasteiger partial charge in [-0.25, -0.2) is 0 Å². The second-order valence-electron chi connectivity index (χ2n) is 6.01. The molecule has 0 unspecified atom stereocenters. The van der Waals surface area contributed by atoms with Gasteiger partial charge in [0.15, 0.2) is 0 Å². The third kappa shape index (κ3) is 2.97. The topological polar surface area (TPSA) is 110 Å². The Labute approximate surface area is 143 Å². The van der Waals surface area contributed by atoms with Gasteiger partial charge < -0.3 is 10.6 Å². The maximum absolute atomic E-state index is 12.8. The first kappa shape index (κ1) is 17.0. The molecule has 0 aliphatic carbocycles. The number of hydrogen-bond donors (Lipinski definition) is 1. The number of nitro groups is 1. The largest absolute Gasteiger partial charge is 0.329 e. The normalized spacial score (nSPS) is 13.8. The molecule has 8 nitrogen and oxygen atoms in total. The van der Waals surface area contributed by atoms with Crippen LogP contribution < -0.4 is 5.73 Å². The molecule has 130 valence electrons. The van der Waals surface area contributed by atoms with E-state index in [1.165, 1.54) is 12.1 Å². The Morgan fingerprint density at radius 3 is 2.56 bits per heavy atom. The lowest BCUT2D eigenvalue weighted by molar-refractivity contribution is -0.384. The van der Waals surface area contributed by atoms with Gasteiger partial charge in [-0.2, -0.15) is 0 Å². The molecule has 8 heteroatoms. The van der Waals surface area contributed by atoms with E-state index < -0.39 is 10.8 Å². The molecule has 2 N–H and O–H groups in total. The summed E-state index contributed by atoms with van der Waals surface area (Å²) >= 11 is 0. The van der Waals surface area contributed by atoms with Crippen molar-refractivity contribution in [3.8, 4) is 0 Å². The van der Waals surface area contributed by atoms with Crippen molar-refractivity contribution in [1.29, 1.82) is 0 Å². The summed E-state index contributed by atoms with van der Waals surface area (Å²) in [5.41, 5.74) is 5.92. The Morgan fingerprint density at radius 1 is 1.16 bits per heavy atom. The highest BCUT2D eigenvalue weighted by Crippen LogP contribution is 2.33. The first-order valence-electron chi connectivity index (χ1n) is 7.90. The minimum Gasteiger partial charge on any atom is -0.329 e. The number of likely N-dealkylation sites (N-methyl/N-ethyl adjacent to an activating group) is 1. The van der Waals surface area contributed by atoms with E-state index in [2.05, 4.69) is 0 Å². The molecule has 0 spiro atoms. The number of benzene rings is 2. The van der Waals surface area contributed by atoms with E-state index in [1.54, 1.807) is 18.2 Å². The predicted molar refractivity (Wildman–Crippen MR) is 92.5 cm³/mol. The smallest absolute Gasteiger partial charge is 0.270 e. The average Bonchev–Trinajstić information content (AvgIpc) is 2.59. The second kappa shape index (κ2) is 6.58. The standard InChI is InChI=1S/C17H18N4O4/c1-19(6-5-18)7-8-20-16(22)13-4-2-3-11-9-12(21(24)25)10-14(15(11)13)17(20)23/h2-4,9-10H,5-8,18H2,1H3. The van der Waals surface area contributed by atoms with Crippen molar-refractivity contribution in [3.05, 3.63) is 51.6 Å². The van der Waals surface area contributed by atoms with E-state index in [0.717, 1.165) is 4.90 Å². The van der Waals surface area contributed by atoms with Gasteiger partial charge in [-0.15, -0.1) is 0 Å². The number of non-ortho nitro benzene ring substituents is 1. The van der Waals surface area contributed by atoms with Crippen LogP contribution >= 0.6 is 0 Å². The Kier molecular flexibility index (Phi) is 4.47. The van der Waals surface area contributed by atoms with Crippen molar-refractivity contribution < 1.29 is 14.5 Å². The molecule has 2 amide bonds. The molecule has 0 saturated carbocycles. The highest BCUT2D eigenvalue weighted by molar-refractivity contribution is 6.25. The van der Waals surface area contributed by atoms with Crippen molar-refractivity contribution in [2.45, 2.75) is 0 Å². The van der Waals surface area contributed by atoms with Crippen molar-refractivity contribution >= 4 is 28.3 Å². The zero-order valence-corrected chi connectivity index (χ0v) is 13.8. The molecule has 1 aliphatic rings. The van der Waals surface area contributed by atoms with Gasteiger partial charge in [-0.1, -0.05) is 12.1 Å². The minimum atomic E-state index is -0.536. The van der Waals surface area contributed by atoms with Crippen molar-refractivity contribution in [3.63, 3.8) is 0 Å². The van der Waals surface area contributed by atoms with Crippen LogP contribution in [0.1, 0.15) is 20.7 Å². The van der Waals surface area contributed by atoms with E-state index in [0.29, 0.717) is 36.0 Å². The number of nitrogens with zero attached hydrogens (tertiary/aromatic N) is 3. The van der Waals surface area contributed by atoms with Crippen LogP contribution in [0, 0.1) is 10.1 Å². The Hall–Kier alpha value is -2.84. The number of nitro benzene ring substituents is 1. The Balaban J connectivity index is 2.04. The lowest BCUT2D eigenvalue weighted by Gasteiger charge is -2.28. The molecule has 3 rings (SSSR count). The summed E-state index contributed by atoms with van der Waals surface area (Å²) < 4.78 is 0. The van der Waals surface area contributed by atoms with Gasteiger partial charge in [0.25, 0.3) is 17.5 Å². The Morgan fingerprint density at radius 2 is 1.88 bits per heavy atom. The molecular weight excluding hydrogens is 324 g/mol. The molecule has 0 fully saturated rings. The van der Waals surface area contributed by atoms with Gasteiger partial charge in [0.1, 0.15) is 0 Å². The SMILES string of the molecule is CN(CCN)CCN1C(=O)c2cccc3cc([N+](=O)[O-])cc(c23)C1=O. The molecular formula is C17H18N4O4. The van der Waals surface area contributed by atoms with E-state index in [-0.39, 0.29) is 23.7 Å². The summed E-state index contributed by atoms with van der Waals surface area (Å²) in [4.78, 5) is 39.2. The number of rotatable bonds is 6. The molecule has 0 aromatic heterocycles. The van der Waals surface area contributed by atoms with E-state index >= 15 is 0 Å². The molecule has 2 aromatic rings. The van der Waals surface area contributed by atoms with Gasteiger partial charge in [0.05, 0.1) is 10.5 Å². The van der Waals surface area contributed by atoms with Crippen LogP contribution in [0.15, 0.2) is 30.3 Å². The van der Waals surface area contributed by atoms with Crippen LogP contribution in [0.4, 0.5) is 5.69 Å². The van der Waals surface area contributed by atoms with Crippen LogP contribution in [0.2, 0.25) is 0 Å². The van der Waals surface area contributed by atoms with Crippen LogP contribution in [0.25, 0.3) is 10.8 Å². The number of amides is 2. The summed E-state index contributed by atoms with van der Waals surface area (Å²) in [5.74, 6) is -0.878. The highest BCUT2D eigenvalue weighted by atomic mass is 16.6. The van der Waals surface area contributed by atoms with Gasteiger partial charge in [0, 0.05) is 49.3 Å². The second-order valence-corrected chi connectivity index (χ2v) is 6.01. The van der Waals surface area contributed by atoms with Crippen LogP contribution in [0.3, 0.4) is 0 Å². The molecule has 0 saturated heterocycles. The zero-order chi connectivity index (χ0) is 18.1. The number of imide groups is 1. The molecule has 2 aromatic carbocycles. The molecule has 0 atom stereocenters. The number of carbonyl (C=O) groups is 2. The predicted octanol–water partition coefficient (Wildman–Crippen LogP) is 1.23. The maximum atomic E-state index is 12.8. The zero-order valence-electron chi connectivity index (χ0n) is 13.8. The fraction of sp³-hybridized carbons (Fsp3) is 0.294. The first-order valence-corrected chi connectivity index (χ1v) is 7.90. The Bertz CT molecular complexity index is 880. The monoisotopic (exact) mass is 342 g/mol. The van der Waals surface area contributed by atoms with Crippen molar-refractivity contribution in [2.24, 2.45) is 5.73 Å². The minimum absolute atomic E-state index is 0.164. The third-order valence-electron chi connectivity index (χ3n) is 4.34. The summed E-state index contributed by atoms with van der Waals surface area (Å²) in [6.45, 7) is 1.81. The van der Waals surface area contributed by atoms with Gasteiger partial charge >= 0.3 is 0 Å². The van der Waals surface area contributed by atoms with Gasteiger partial charge in [0.2, 0.25) is 0 Å².